The maximum Gasteiger partial charge on any atom is 0.0180 e. The molecule has 3 rings (SSSR count). The van der Waals surface area contributed by atoms with Gasteiger partial charge >= 0.3 is 0 Å². The second kappa shape index (κ2) is 5.02. The summed E-state index contributed by atoms with van der Waals surface area (Å²) < 4.78 is 0. The lowest BCUT2D eigenvalue weighted by Gasteiger charge is -2.45. The number of hydrogen-bond acceptors (Lipinski definition) is 2. The Morgan fingerprint density at radius 3 is 2.83 bits per heavy atom. The fourth-order valence-corrected chi connectivity index (χ4v) is 4.31. The van der Waals surface area contributed by atoms with Crippen LogP contribution in [0.3, 0.4) is 0 Å². The minimum atomic E-state index is 0.630. The van der Waals surface area contributed by atoms with Crippen LogP contribution in [0, 0.1) is 17.8 Å². The molecule has 4 N–H and O–H groups in total. The van der Waals surface area contributed by atoms with Crippen molar-refractivity contribution in [2.45, 2.75) is 32.1 Å². The van der Waals surface area contributed by atoms with Crippen LogP contribution < -0.4 is 11.5 Å². The minimum Gasteiger partial charge on any atom is -0.330 e. The maximum atomic E-state index is 6.10. The van der Waals surface area contributed by atoms with Crippen molar-refractivity contribution >= 4 is 0 Å². The summed E-state index contributed by atoms with van der Waals surface area (Å²) in [5, 5.41) is 0. The standard InChI is InChI=1S/C16H24N2/c17-9-15-11-5-1-2-6-12(11)16(10-18)14-8-4-3-7-13(14)15/h1-2,5,12,14,16H,3-4,6-10,17-18H2. The molecule has 0 saturated heterocycles. The lowest BCUT2D eigenvalue weighted by atomic mass is 9.61. The zero-order valence-corrected chi connectivity index (χ0v) is 11.1. The molecule has 0 bridgehead atoms. The molecule has 0 amide bonds. The molecule has 0 heterocycles. The van der Waals surface area contributed by atoms with Crippen LogP contribution >= 0.6 is 0 Å². The van der Waals surface area contributed by atoms with Crippen LogP contribution in [-0.4, -0.2) is 13.1 Å². The molecule has 0 aromatic carbocycles. The molecule has 0 aromatic heterocycles. The SMILES string of the molecule is NCC1=C2CCCCC2C(CN)C2CC=CC=C12. The molecule has 3 unspecified atom stereocenters. The molecule has 1 saturated carbocycles. The van der Waals surface area contributed by atoms with E-state index < -0.39 is 0 Å². The average molecular weight is 244 g/mol. The zero-order valence-electron chi connectivity index (χ0n) is 11.1. The van der Waals surface area contributed by atoms with E-state index in [9.17, 15) is 0 Å². The molecule has 0 aliphatic heterocycles. The van der Waals surface area contributed by atoms with Gasteiger partial charge in [-0.15, -0.1) is 0 Å². The summed E-state index contributed by atoms with van der Waals surface area (Å²) in [7, 11) is 0. The van der Waals surface area contributed by atoms with Crippen LogP contribution in [0.25, 0.3) is 0 Å². The van der Waals surface area contributed by atoms with E-state index in [0.29, 0.717) is 18.4 Å². The van der Waals surface area contributed by atoms with Gasteiger partial charge in [0.25, 0.3) is 0 Å². The van der Waals surface area contributed by atoms with Crippen molar-refractivity contribution in [1.29, 1.82) is 0 Å². The van der Waals surface area contributed by atoms with Gasteiger partial charge in [0.1, 0.15) is 0 Å². The van der Waals surface area contributed by atoms with E-state index in [1.807, 2.05) is 0 Å². The predicted octanol–water partition coefficient (Wildman–Crippen LogP) is 2.52. The molecule has 3 atom stereocenters. The zero-order chi connectivity index (χ0) is 12.5. The van der Waals surface area contributed by atoms with Gasteiger partial charge in [-0.25, -0.2) is 0 Å². The number of fused-ring (bicyclic) bond motifs is 2. The first-order valence-corrected chi connectivity index (χ1v) is 7.36. The third kappa shape index (κ3) is 1.79. The lowest BCUT2D eigenvalue weighted by molar-refractivity contribution is 0.237. The number of hydrogen-bond donors (Lipinski definition) is 2. The second-order valence-electron chi connectivity index (χ2n) is 5.85. The Morgan fingerprint density at radius 1 is 1.17 bits per heavy atom. The molecule has 0 spiro atoms. The van der Waals surface area contributed by atoms with Gasteiger partial charge in [0, 0.05) is 6.54 Å². The second-order valence-corrected chi connectivity index (χ2v) is 5.85. The Morgan fingerprint density at radius 2 is 2.06 bits per heavy atom. The van der Waals surface area contributed by atoms with Crippen molar-refractivity contribution in [1.82, 2.24) is 0 Å². The highest BCUT2D eigenvalue weighted by atomic mass is 14.6. The van der Waals surface area contributed by atoms with Gasteiger partial charge in [0.15, 0.2) is 0 Å². The largest absolute Gasteiger partial charge is 0.330 e. The van der Waals surface area contributed by atoms with E-state index in [1.54, 1.807) is 5.57 Å². The minimum absolute atomic E-state index is 0.630. The molecule has 18 heavy (non-hydrogen) atoms. The first kappa shape index (κ1) is 12.2. The van der Waals surface area contributed by atoms with Crippen molar-refractivity contribution < 1.29 is 0 Å². The monoisotopic (exact) mass is 244 g/mol. The molecule has 3 aliphatic carbocycles. The van der Waals surface area contributed by atoms with Crippen molar-refractivity contribution in [3.63, 3.8) is 0 Å². The third-order valence-electron chi connectivity index (χ3n) is 5.11. The summed E-state index contributed by atoms with van der Waals surface area (Å²) in [6, 6.07) is 0. The third-order valence-corrected chi connectivity index (χ3v) is 5.11. The van der Waals surface area contributed by atoms with Crippen LogP contribution in [0.1, 0.15) is 32.1 Å². The van der Waals surface area contributed by atoms with Crippen molar-refractivity contribution in [2.75, 3.05) is 13.1 Å². The van der Waals surface area contributed by atoms with E-state index in [1.165, 1.54) is 36.8 Å². The molecule has 2 heteroatoms. The Labute approximate surface area is 110 Å². The van der Waals surface area contributed by atoms with Crippen LogP contribution in [0.4, 0.5) is 0 Å². The smallest absolute Gasteiger partial charge is 0.0180 e. The van der Waals surface area contributed by atoms with Gasteiger partial charge in [-0.3, -0.25) is 0 Å². The molecule has 3 aliphatic rings. The Kier molecular flexibility index (Phi) is 3.40. The first-order chi connectivity index (χ1) is 8.86. The molecule has 0 aromatic rings. The van der Waals surface area contributed by atoms with Crippen molar-refractivity contribution in [3.8, 4) is 0 Å². The van der Waals surface area contributed by atoms with Crippen LogP contribution in [0.2, 0.25) is 0 Å². The van der Waals surface area contributed by atoms with Gasteiger partial charge in [0.2, 0.25) is 0 Å². The predicted molar refractivity (Wildman–Crippen MR) is 75.9 cm³/mol. The summed E-state index contributed by atoms with van der Waals surface area (Å²) in [4.78, 5) is 0. The van der Waals surface area contributed by atoms with Crippen LogP contribution in [-0.2, 0) is 0 Å². The van der Waals surface area contributed by atoms with Gasteiger partial charge < -0.3 is 11.5 Å². The number of nitrogens with two attached hydrogens (primary N) is 2. The summed E-state index contributed by atoms with van der Waals surface area (Å²) >= 11 is 0. The van der Waals surface area contributed by atoms with Crippen LogP contribution in [0.5, 0.6) is 0 Å². The molecule has 98 valence electrons. The molecule has 2 nitrogen and oxygen atoms in total. The average Bonchev–Trinajstić information content (AvgIpc) is 2.44. The fourth-order valence-electron chi connectivity index (χ4n) is 4.31. The van der Waals surface area contributed by atoms with Crippen molar-refractivity contribution in [2.24, 2.45) is 29.2 Å². The quantitative estimate of drug-likeness (QED) is 0.784. The molecule has 0 radical (unpaired) electrons. The molecular formula is C16H24N2. The molecular weight excluding hydrogens is 220 g/mol. The highest BCUT2D eigenvalue weighted by Crippen LogP contribution is 2.49. The highest BCUT2D eigenvalue weighted by molar-refractivity contribution is 5.47. The van der Waals surface area contributed by atoms with Crippen molar-refractivity contribution in [3.05, 3.63) is 34.9 Å². The van der Waals surface area contributed by atoms with E-state index in [-0.39, 0.29) is 0 Å². The fraction of sp³-hybridized carbons (Fsp3) is 0.625. The van der Waals surface area contributed by atoms with E-state index in [0.717, 1.165) is 18.9 Å². The first-order valence-electron chi connectivity index (χ1n) is 7.36. The Balaban J connectivity index is 2.08. The maximum absolute atomic E-state index is 6.10. The Hall–Kier alpha value is -0.860. The Bertz CT molecular complexity index is 417. The van der Waals surface area contributed by atoms with Gasteiger partial charge in [-0.05, 0) is 61.1 Å². The number of rotatable bonds is 2. The van der Waals surface area contributed by atoms with E-state index >= 15 is 0 Å². The van der Waals surface area contributed by atoms with Gasteiger partial charge in [0.05, 0.1) is 0 Å². The summed E-state index contributed by atoms with van der Waals surface area (Å²) in [5.41, 5.74) is 16.8. The topological polar surface area (TPSA) is 52.0 Å². The van der Waals surface area contributed by atoms with E-state index in [4.69, 9.17) is 11.5 Å². The highest BCUT2D eigenvalue weighted by Gasteiger charge is 2.40. The van der Waals surface area contributed by atoms with Crippen LogP contribution in [0.15, 0.2) is 34.9 Å². The summed E-state index contributed by atoms with van der Waals surface area (Å²) in [6.45, 7) is 1.53. The summed E-state index contributed by atoms with van der Waals surface area (Å²) in [5.74, 6) is 1.99. The normalized spacial score (nSPS) is 35.0. The van der Waals surface area contributed by atoms with Gasteiger partial charge in [-0.1, -0.05) is 30.2 Å². The summed E-state index contributed by atoms with van der Waals surface area (Å²) in [6.07, 6.45) is 13.2. The van der Waals surface area contributed by atoms with Gasteiger partial charge in [-0.2, -0.15) is 0 Å². The molecule has 1 fully saturated rings. The number of allylic oxidation sites excluding steroid dienone is 4. The lowest BCUT2D eigenvalue weighted by Crippen LogP contribution is -2.40. The van der Waals surface area contributed by atoms with E-state index in [2.05, 4.69) is 18.2 Å².